The van der Waals surface area contributed by atoms with Crippen LogP contribution in [0, 0.1) is 11.8 Å². The number of benzene rings is 1. The molecule has 1 fully saturated rings. The van der Waals surface area contributed by atoms with Crippen molar-refractivity contribution in [3.63, 3.8) is 0 Å². The van der Waals surface area contributed by atoms with Crippen molar-refractivity contribution in [2.24, 2.45) is 11.8 Å². The summed E-state index contributed by atoms with van der Waals surface area (Å²) in [5.74, 6) is -1.78. The number of nitrogens with zero attached hydrogens (tertiary/aromatic N) is 1. The Morgan fingerprint density at radius 2 is 2.00 bits per heavy atom. The minimum Gasteiger partial charge on any atom is -0.481 e. The van der Waals surface area contributed by atoms with Gasteiger partial charge in [-0.25, -0.2) is 4.98 Å². The second-order valence-corrected chi connectivity index (χ2v) is 6.87. The molecule has 1 amide bonds. The van der Waals surface area contributed by atoms with Gasteiger partial charge < -0.3 is 15.2 Å². The lowest BCUT2D eigenvalue weighted by atomic mass is 9.86. The van der Waals surface area contributed by atoms with Crippen LogP contribution in [0.25, 0.3) is 10.6 Å². The zero-order valence-corrected chi connectivity index (χ0v) is 14.5. The summed E-state index contributed by atoms with van der Waals surface area (Å²) in [5, 5.41) is 14.6. The normalized spacial score (nSPS) is 16.3. The number of carboxylic acids is 1. The fraction of sp³-hybridized carbons (Fsp3) is 0.389. The van der Waals surface area contributed by atoms with Crippen molar-refractivity contribution in [2.75, 3.05) is 19.8 Å². The number of aliphatic carboxylic acids is 1. The standard InChI is InChI=1S/C18H20N2O4S/c21-16(15-11-25-17(20-15)13-4-2-1-3-5-13)19-10-14(18(22)23)12-6-8-24-9-7-12/h1-5,11-12,14H,6-10H2,(H,19,21)(H,22,23). The van der Waals surface area contributed by atoms with Gasteiger partial charge in [0.25, 0.3) is 5.91 Å². The molecule has 1 unspecified atom stereocenters. The van der Waals surface area contributed by atoms with Gasteiger partial charge >= 0.3 is 5.97 Å². The number of amides is 1. The molecule has 0 radical (unpaired) electrons. The minimum atomic E-state index is -0.879. The number of carbonyl (C=O) groups excluding carboxylic acids is 1. The highest BCUT2D eigenvalue weighted by molar-refractivity contribution is 7.13. The Bertz CT molecular complexity index is 726. The lowest BCUT2D eigenvalue weighted by Gasteiger charge is -2.27. The largest absolute Gasteiger partial charge is 0.481 e. The van der Waals surface area contributed by atoms with Crippen molar-refractivity contribution in [2.45, 2.75) is 12.8 Å². The van der Waals surface area contributed by atoms with Crippen molar-refractivity contribution in [3.05, 3.63) is 41.4 Å². The fourth-order valence-electron chi connectivity index (χ4n) is 2.96. The van der Waals surface area contributed by atoms with Crippen molar-refractivity contribution >= 4 is 23.2 Å². The maximum atomic E-state index is 12.3. The Morgan fingerprint density at radius 1 is 1.28 bits per heavy atom. The number of thiazole rings is 1. The summed E-state index contributed by atoms with van der Waals surface area (Å²) in [5.41, 5.74) is 1.28. The first-order valence-electron chi connectivity index (χ1n) is 8.25. The van der Waals surface area contributed by atoms with Crippen molar-refractivity contribution in [1.29, 1.82) is 0 Å². The van der Waals surface area contributed by atoms with E-state index in [4.69, 9.17) is 4.74 Å². The van der Waals surface area contributed by atoms with Gasteiger partial charge in [-0.15, -0.1) is 11.3 Å². The van der Waals surface area contributed by atoms with Crippen LogP contribution in [-0.4, -0.2) is 41.7 Å². The van der Waals surface area contributed by atoms with Gasteiger partial charge in [0.05, 0.1) is 5.92 Å². The predicted molar refractivity (Wildman–Crippen MR) is 94.6 cm³/mol. The molecule has 132 valence electrons. The summed E-state index contributed by atoms with van der Waals surface area (Å²) >= 11 is 1.39. The van der Waals surface area contributed by atoms with E-state index >= 15 is 0 Å². The van der Waals surface area contributed by atoms with E-state index in [0.717, 1.165) is 10.6 Å². The topological polar surface area (TPSA) is 88.5 Å². The third kappa shape index (κ3) is 4.43. The average Bonchev–Trinajstić information content (AvgIpc) is 3.13. The van der Waals surface area contributed by atoms with Crippen LogP contribution in [-0.2, 0) is 9.53 Å². The Kier molecular flexibility index (Phi) is 5.78. The number of nitrogens with one attached hydrogen (secondary N) is 1. The summed E-state index contributed by atoms with van der Waals surface area (Å²) in [6, 6.07) is 9.63. The maximum absolute atomic E-state index is 12.3. The van der Waals surface area contributed by atoms with E-state index in [0.29, 0.717) is 31.7 Å². The highest BCUT2D eigenvalue weighted by Gasteiger charge is 2.30. The summed E-state index contributed by atoms with van der Waals surface area (Å²) < 4.78 is 5.28. The van der Waals surface area contributed by atoms with E-state index in [1.54, 1.807) is 5.38 Å². The molecule has 3 rings (SSSR count). The summed E-state index contributed by atoms with van der Waals surface area (Å²) in [7, 11) is 0. The molecule has 2 N–H and O–H groups in total. The van der Waals surface area contributed by atoms with Crippen LogP contribution in [0.15, 0.2) is 35.7 Å². The third-order valence-corrected chi connectivity index (χ3v) is 5.28. The van der Waals surface area contributed by atoms with Crippen molar-refractivity contribution < 1.29 is 19.4 Å². The lowest BCUT2D eigenvalue weighted by molar-refractivity contribution is -0.144. The molecular formula is C18H20N2O4S. The molecule has 1 saturated heterocycles. The predicted octanol–water partition coefficient (Wildman–Crippen LogP) is 2.67. The van der Waals surface area contributed by atoms with Crippen molar-refractivity contribution in [1.82, 2.24) is 10.3 Å². The first-order valence-corrected chi connectivity index (χ1v) is 9.13. The molecule has 2 heterocycles. The smallest absolute Gasteiger partial charge is 0.308 e. The molecule has 1 aliphatic rings. The number of rotatable bonds is 6. The van der Waals surface area contributed by atoms with Crippen LogP contribution >= 0.6 is 11.3 Å². The molecule has 2 aromatic rings. The number of aromatic nitrogens is 1. The number of hydrogen-bond acceptors (Lipinski definition) is 5. The number of hydrogen-bond donors (Lipinski definition) is 2. The second-order valence-electron chi connectivity index (χ2n) is 6.01. The van der Waals surface area contributed by atoms with Crippen molar-refractivity contribution in [3.8, 4) is 10.6 Å². The van der Waals surface area contributed by atoms with Crippen LogP contribution < -0.4 is 5.32 Å². The molecule has 0 aliphatic carbocycles. The average molecular weight is 360 g/mol. The first kappa shape index (κ1) is 17.6. The number of ether oxygens (including phenoxy) is 1. The van der Waals surface area contributed by atoms with E-state index in [9.17, 15) is 14.7 Å². The van der Waals surface area contributed by atoms with E-state index in [2.05, 4.69) is 10.3 Å². The maximum Gasteiger partial charge on any atom is 0.308 e. The second kappa shape index (κ2) is 8.22. The quantitative estimate of drug-likeness (QED) is 0.827. The Balaban J connectivity index is 1.61. The highest BCUT2D eigenvalue weighted by atomic mass is 32.1. The Labute approximate surface area is 149 Å². The van der Waals surface area contributed by atoms with Gasteiger partial charge in [0.15, 0.2) is 0 Å². The number of carbonyl (C=O) groups is 2. The van der Waals surface area contributed by atoms with Gasteiger partial charge in [-0.1, -0.05) is 30.3 Å². The Morgan fingerprint density at radius 3 is 2.68 bits per heavy atom. The van der Waals surface area contributed by atoms with Gasteiger partial charge in [-0.05, 0) is 18.8 Å². The lowest BCUT2D eigenvalue weighted by Crippen LogP contribution is -2.39. The Hall–Kier alpha value is -2.25. The van der Waals surface area contributed by atoms with Crippen LogP contribution in [0.2, 0.25) is 0 Å². The van der Waals surface area contributed by atoms with E-state index < -0.39 is 11.9 Å². The monoisotopic (exact) mass is 360 g/mol. The van der Waals surface area contributed by atoms with Gasteiger partial charge in [0.1, 0.15) is 10.7 Å². The van der Waals surface area contributed by atoms with Crippen LogP contribution in [0.5, 0.6) is 0 Å². The minimum absolute atomic E-state index is 0.0295. The molecule has 0 bridgehead atoms. The van der Waals surface area contributed by atoms with E-state index in [1.807, 2.05) is 30.3 Å². The van der Waals surface area contributed by atoms with Crippen LogP contribution in [0.3, 0.4) is 0 Å². The molecule has 0 saturated carbocycles. The van der Waals surface area contributed by atoms with Gasteiger partial charge in [-0.3, -0.25) is 9.59 Å². The van der Waals surface area contributed by atoms with Gasteiger partial charge in [0, 0.05) is 30.7 Å². The molecule has 6 nitrogen and oxygen atoms in total. The zero-order chi connectivity index (χ0) is 17.6. The summed E-state index contributed by atoms with van der Waals surface area (Å²) in [6.07, 6.45) is 1.42. The zero-order valence-electron chi connectivity index (χ0n) is 13.7. The van der Waals surface area contributed by atoms with Crippen LogP contribution in [0.4, 0.5) is 0 Å². The molecule has 1 aromatic carbocycles. The fourth-order valence-corrected chi connectivity index (χ4v) is 3.76. The SMILES string of the molecule is O=C(NCC(C(=O)O)C1CCOCC1)c1csc(-c2ccccc2)n1. The number of carboxylic acid groups (broad SMARTS) is 1. The van der Waals surface area contributed by atoms with E-state index in [1.165, 1.54) is 11.3 Å². The molecule has 25 heavy (non-hydrogen) atoms. The van der Waals surface area contributed by atoms with Gasteiger partial charge in [0.2, 0.25) is 0 Å². The molecular weight excluding hydrogens is 340 g/mol. The first-order chi connectivity index (χ1) is 12.1. The van der Waals surface area contributed by atoms with E-state index in [-0.39, 0.29) is 18.4 Å². The molecule has 1 atom stereocenters. The molecule has 1 aromatic heterocycles. The van der Waals surface area contributed by atoms with Gasteiger partial charge in [-0.2, -0.15) is 0 Å². The molecule has 0 spiro atoms. The van der Waals surface area contributed by atoms with Crippen LogP contribution in [0.1, 0.15) is 23.3 Å². The summed E-state index contributed by atoms with van der Waals surface area (Å²) in [4.78, 5) is 28.2. The highest BCUT2D eigenvalue weighted by Crippen LogP contribution is 2.25. The summed E-state index contributed by atoms with van der Waals surface area (Å²) in [6.45, 7) is 1.26. The third-order valence-electron chi connectivity index (χ3n) is 4.39. The molecule has 7 heteroatoms. The molecule has 1 aliphatic heterocycles.